The van der Waals surface area contributed by atoms with Gasteiger partial charge < -0.3 is 10.2 Å². The Balaban J connectivity index is 1.74. The lowest BCUT2D eigenvalue weighted by atomic mass is 9.90. The van der Waals surface area contributed by atoms with Crippen molar-refractivity contribution in [2.24, 2.45) is 11.3 Å². The normalized spacial score (nSPS) is 16.2. The molecule has 0 aliphatic carbocycles. The Morgan fingerprint density at radius 1 is 1.13 bits per heavy atom. The number of carbonyl (C=O) groups is 2. The molecule has 1 aliphatic heterocycles. The highest BCUT2D eigenvalue weighted by atomic mass is 19.1. The van der Waals surface area contributed by atoms with Crippen molar-refractivity contribution in [3.05, 3.63) is 65.2 Å². The second kappa shape index (κ2) is 8.94. The summed E-state index contributed by atoms with van der Waals surface area (Å²) in [7, 11) is 0. The van der Waals surface area contributed by atoms with Crippen molar-refractivity contribution in [2.45, 2.75) is 46.6 Å². The van der Waals surface area contributed by atoms with Crippen LogP contribution in [-0.2, 0) is 9.59 Å². The van der Waals surface area contributed by atoms with E-state index in [-0.39, 0.29) is 23.5 Å². The minimum Gasteiger partial charge on any atom is -0.343 e. The number of nitrogens with zero attached hydrogens (tertiary/aromatic N) is 2. The van der Waals surface area contributed by atoms with Gasteiger partial charge in [-0.05, 0) is 49.1 Å². The van der Waals surface area contributed by atoms with E-state index < -0.39 is 11.5 Å². The Kier molecular flexibility index (Phi) is 6.54. The first-order valence-electron chi connectivity index (χ1n) is 10.4. The number of aromatic nitrogens is 1. The second-order valence-electron chi connectivity index (χ2n) is 9.02. The van der Waals surface area contributed by atoms with Gasteiger partial charge in [-0.3, -0.25) is 14.6 Å². The fraction of sp³-hybridized carbons (Fsp3) is 0.458. The van der Waals surface area contributed by atoms with E-state index in [1.165, 1.54) is 12.1 Å². The number of likely N-dealkylation sites (tertiary alicyclic amines) is 1. The number of nitrogens with one attached hydrogen (secondary N) is 1. The molecule has 1 N–H and O–H groups in total. The third kappa shape index (κ3) is 5.04. The fourth-order valence-electron chi connectivity index (χ4n) is 3.84. The largest absolute Gasteiger partial charge is 0.343 e. The van der Waals surface area contributed by atoms with E-state index in [9.17, 15) is 14.0 Å². The van der Waals surface area contributed by atoms with Crippen molar-refractivity contribution < 1.29 is 14.0 Å². The van der Waals surface area contributed by atoms with E-state index >= 15 is 0 Å². The molecule has 30 heavy (non-hydrogen) atoms. The van der Waals surface area contributed by atoms with E-state index in [0.717, 1.165) is 16.8 Å². The molecule has 2 heterocycles. The average Bonchev–Trinajstić information content (AvgIpc) is 2.72. The molecule has 0 radical (unpaired) electrons. The van der Waals surface area contributed by atoms with Gasteiger partial charge in [-0.2, -0.15) is 0 Å². The molecule has 1 aromatic carbocycles. The molecule has 1 aliphatic rings. The summed E-state index contributed by atoms with van der Waals surface area (Å²) in [6.45, 7) is 8.85. The number of piperidine rings is 1. The van der Waals surface area contributed by atoms with Crippen LogP contribution in [0.5, 0.6) is 0 Å². The molecule has 2 aromatic rings. The van der Waals surface area contributed by atoms with Crippen molar-refractivity contribution in [3.63, 3.8) is 0 Å². The number of aryl methyl sites for hydroxylation is 1. The summed E-state index contributed by atoms with van der Waals surface area (Å²) in [5.41, 5.74) is 2.07. The highest BCUT2D eigenvalue weighted by Gasteiger charge is 2.33. The van der Waals surface area contributed by atoms with Gasteiger partial charge in [0.1, 0.15) is 5.82 Å². The Bertz CT molecular complexity index is 897. The van der Waals surface area contributed by atoms with Crippen LogP contribution in [0.25, 0.3) is 0 Å². The molecule has 1 aromatic heterocycles. The lowest BCUT2D eigenvalue weighted by Gasteiger charge is -2.35. The number of benzene rings is 1. The zero-order valence-corrected chi connectivity index (χ0v) is 18.1. The molecule has 5 nitrogen and oxygen atoms in total. The number of carbonyl (C=O) groups excluding carboxylic acids is 2. The maximum absolute atomic E-state index is 13.4. The highest BCUT2D eigenvalue weighted by molar-refractivity contribution is 5.83. The van der Waals surface area contributed by atoms with Crippen LogP contribution in [0.1, 0.15) is 56.5 Å². The van der Waals surface area contributed by atoms with Crippen LogP contribution in [0.4, 0.5) is 4.39 Å². The Morgan fingerprint density at radius 3 is 2.33 bits per heavy atom. The number of hydrogen-bond donors (Lipinski definition) is 1. The molecular weight excluding hydrogens is 381 g/mol. The predicted octanol–water partition coefficient (Wildman–Crippen LogP) is 4.02. The van der Waals surface area contributed by atoms with Gasteiger partial charge >= 0.3 is 0 Å². The number of hydrogen-bond acceptors (Lipinski definition) is 3. The molecule has 0 bridgehead atoms. The van der Waals surface area contributed by atoms with Crippen molar-refractivity contribution in [3.8, 4) is 0 Å². The molecular formula is C24H30FN3O2. The van der Waals surface area contributed by atoms with Gasteiger partial charge in [0.25, 0.3) is 0 Å². The van der Waals surface area contributed by atoms with Crippen molar-refractivity contribution in [1.29, 1.82) is 0 Å². The van der Waals surface area contributed by atoms with Gasteiger partial charge in [0, 0.05) is 30.6 Å². The van der Waals surface area contributed by atoms with Crippen LogP contribution in [0.15, 0.2) is 42.6 Å². The molecule has 1 saturated heterocycles. The summed E-state index contributed by atoms with van der Waals surface area (Å²) in [4.78, 5) is 31.9. The Labute approximate surface area is 177 Å². The van der Waals surface area contributed by atoms with Gasteiger partial charge in [0.05, 0.1) is 11.7 Å². The van der Waals surface area contributed by atoms with Crippen LogP contribution >= 0.6 is 0 Å². The number of amides is 2. The van der Waals surface area contributed by atoms with Gasteiger partial charge in [-0.15, -0.1) is 0 Å². The van der Waals surface area contributed by atoms with Gasteiger partial charge in [-0.1, -0.05) is 39.0 Å². The van der Waals surface area contributed by atoms with Crippen molar-refractivity contribution in [2.75, 3.05) is 13.1 Å². The van der Waals surface area contributed by atoms with Crippen LogP contribution in [0.2, 0.25) is 0 Å². The SMILES string of the molecule is Cc1cccnc1C(NC(=O)C1CCN(C(=O)C(C)(C)C)CC1)c1ccc(F)cc1. The minimum atomic E-state index is -0.450. The van der Waals surface area contributed by atoms with Crippen LogP contribution in [0.3, 0.4) is 0 Å². The van der Waals surface area contributed by atoms with Crippen LogP contribution in [0, 0.1) is 24.1 Å². The molecule has 1 fully saturated rings. The third-order valence-corrected chi connectivity index (χ3v) is 5.61. The zero-order valence-electron chi connectivity index (χ0n) is 18.1. The summed E-state index contributed by atoms with van der Waals surface area (Å²) in [6, 6.07) is 9.49. The highest BCUT2D eigenvalue weighted by Crippen LogP contribution is 2.27. The fourth-order valence-corrected chi connectivity index (χ4v) is 3.84. The lowest BCUT2D eigenvalue weighted by molar-refractivity contribution is -0.142. The van der Waals surface area contributed by atoms with E-state index in [1.54, 1.807) is 18.3 Å². The van der Waals surface area contributed by atoms with Gasteiger partial charge in [-0.25, -0.2) is 4.39 Å². The van der Waals surface area contributed by atoms with E-state index in [4.69, 9.17) is 0 Å². The molecule has 1 atom stereocenters. The first-order chi connectivity index (χ1) is 14.2. The smallest absolute Gasteiger partial charge is 0.227 e. The lowest BCUT2D eigenvalue weighted by Crippen LogP contribution is -2.47. The summed E-state index contributed by atoms with van der Waals surface area (Å²) in [6.07, 6.45) is 2.96. The van der Waals surface area contributed by atoms with Crippen molar-refractivity contribution in [1.82, 2.24) is 15.2 Å². The molecule has 160 valence electrons. The number of halogens is 1. The third-order valence-electron chi connectivity index (χ3n) is 5.61. The summed E-state index contributed by atoms with van der Waals surface area (Å²) in [5, 5.41) is 3.13. The van der Waals surface area contributed by atoms with E-state index in [0.29, 0.717) is 25.9 Å². The van der Waals surface area contributed by atoms with E-state index in [1.807, 2.05) is 44.7 Å². The number of rotatable bonds is 4. The monoisotopic (exact) mass is 411 g/mol. The molecule has 0 saturated carbocycles. The van der Waals surface area contributed by atoms with Crippen LogP contribution < -0.4 is 5.32 Å². The molecule has 6 heteroatoms. The first-order valence-corrected chi connectivity index (χ1v) is 10.4. The van der Waals surface area contributed by atoms with Gasteiger partial charge in [0.2, 0.25) is 11.8 Å². The van der Waals surface area contributed by atoms with Gasteiger partial charge in [0.15, 0.2) is 0 Å². The van der Waals surface area contributed by atoms with Crippen LogP contribution in [-0.4, -0.2) is 34.8 Å². The average molecular weight is 412 g/mol. The first kappa shape index (κ1) is 21.9. The maximum atomic E-state index is 13.4. The van der Waals surface area contributed by atoms with E-state index in [2.05, 4.69) is 10.3 Å². The Morgan fingerprint density at radius 2 is 1.77 bits per heavy atom. The second-order valence-corrected chi connectivity index (χ2v) is 9.02. The topological polar surface area (TPSA) is 62.3 Å². The molecule has 0 spiro atoms. The van der Waals surface area contributed by atoms with Crippen molar-refractivity contribution >= 4 is 11.8 Å². The summed E-state index contributed by atoms with van der Waals surface area (Å²) >= 11 is 0. The zero-order chi connectivity index (χ0) is 21.9. The summed E-state index contributed by atoms with van der Waals surface area (Å²) in [5.74, 6) is -0.426. The molecule has 3 rings (SSSR count). The Hall–Kier alpha value is -2.76. The standard InChI is InChI=1S/C24H30FN3O2/c1-16-6-5-13-26-20(16)21(17-7-9-19(25)10-8-17)27-22(29)18-11-14-28(15-12-18)23(30)24(2,3)4/h5-10,13,18,21H,11-12,14-15H2,1-4H3,(H,27,29). The number of pyridine rings is 1. The molecule has 1 unspecified atom stereocenters. The predicted molar refractivity (Wildman–Crippen MR) is 114 cm³/mol. The minimum absolute atomic E-state index is 0.0581. The molecule has 2 amide bonds. The quantitative estimate of drug-likeness (QED) is 0.827. The maximum Gasteiger partial charge on any atom is 0.227 e. The summed E-state index contributed by atoms with van der Waals surface area (Å²) < 4.78 is 13.4.